The monoisotopic (exact) mass is 519 g/mol. The molecule has 0 aliphatic heterocycles. The Hall–Kier alpha value is -4.18. The first-order chi connectivity index (χ1) is 16.3. The van der Waals surface area contributed by atoms with Gasteiger partial charge in [0.2, 0.25) is 0 Å². The van der Waals surface area contributed by atoms with E-state index in [0.29, 0.717) is 6.07 Å². The number of nitro groups is 1. The summed E-state index contributed by atoms with van der Waals surface area (Å²) in [6.45, 7) is 0. The number of hydrogen-bond donors (Lipinski definition) is 4. The van der Waals surface area contributed by atoms with Gasteiger partial charge in [0.15, 0.2) is 0 Å². The van der Waals surface area contributed by atoms with E-state index in [-0.39, 0.29) is 33.0 Å². The molecular weight excluding hydrogens is 506 g/mol. The Morgan fingerprint density at radius 3 is 2.06 bits per heavy atom. The fourth-order valence-corrected chi connectivity index (χ4v) is 5.08. The van der Waals surface area contributed by atoms with Gasteiger partial charge in [-0.15, -0.1) is 10.2 Å². The maximum Gasteiger partial charge on any atom is 0.297 e. The van der Waals surface area contributed by atoms with Crippen molar-refractivity contribution in [1.29, 1.82) is 0 Å². The highest BCUT2D eigenvalue weighted by atomic mass is 32.2. The highest BCUT2D eigenvalue weighted by Crippen LogP contribution is 2.42. The maximum atomic E-state index is 12.1. The van der Waals surface area contributed by atoms with Crippen molar-refractivity contribution in [3.05, 3.63) is 64.7 Å². The molecule has 0 aromatic heterocycles. The molecular formula is C20H13N3O10S2. The molecule has 0 fully saturated rings. The third-order valence-corrected chi connectivity index (χ3v) is 6.85. The molecule has 0 heterocycles. The van der Waals surface area contributed by atoms with Crippen molar-refractivity contribution in [1.82, 2.24) is 0 Å². The second-order valence-corrected chi connectivity index (χ2v) is 9.91. The Kier molecular flexibility index (Phi) is 5.64. The van der Waals surface area contributed by atoms with Crippen molar-refractivity contribution in [2.45, 2.75) is 9.79 Å². The molecule has 0 amide bonds. The Labute approximate surface area is 196 Å². The molecule has 180 valence electrons. The molecule has 0 bridgehead atoms. The summed E-state index contributed by atoms with van der Waals surface area (Å²) in [7, 11) is -9.81. The van der Waals surface area contributed by atoms with Crippen LogP contribution in [-0.2, 0) is 20.2 Å². The van der Waals surface area contributed by atoms with Crippen LogP contribution in [0.4, 0.5) is 17.1 Å². The van der Waals surface area contributed by atoms with Gasteiger partial charge in [0.05, 0.1) is 4.92 Å². The molecule has 13 nitrogen and oxygen atoms in total. The fourth-order valence-electron chi connectivity index (χ4n) is 3.54. The maximum absolute atomic E-state index is 12.1. The van der Waals surface area contributed by atoms with Gasteiger partial charge in [-0.2, -0.15) is 16.8 Å². The Morgan fingerprint density at radius 2 is 1.43 bits per heavy atom. The number of phenols is 2. The highest BCUT2D eigenvalue weighted by Gasteiger charge is 2.23. The SMILES string of the molecule is O=[N+]([O-])c1ccc2c(N=Nc3ccc4c(O)cccc4c3S(=O)(=O)O)c(O)cc(S(=O)(=O)O)c2c1. The van der Waals surface area contributed by atoms with Crippen molar-refractivity contribution >= 4 is 58.8 Å². The molecule has 4 rings (SSSR count). The molecule has 0 saturated heterocycles. The van der Waals surface area contributed by atoms with E-state index < -0.39 is 52.1 Å². The van der Waals surface area contributed by atoms with Crippen LogP contribution in [0.3, 0.4) is 0 Å². The van der Waals surface area contributed by atoms with E-state index in [1.807, 2.05) is 0 Å². The molecule has 35 heavy (non-hydrogen) atoms. The van der Waals surface area contributed by atoms with E-state index in [1.165, 1.54) is 24.3 Å². The van der Waals surface area contributed by atoms with Crippen molar-refractivity contribution in [3.63, 3.8) is 0 Å². The zero-order valence-corrected chi connectivity index (χ0v) is 18.7. The first kappa shape index (κ1) is 24.0. The first-order valence-electron chi connectivity index (χ1n) is 9.34. The van der Waals surface area contributed by atoms with Crippen LogP contribution in [0.15, 0.2) is 74.6 Å². The van der Waals surface area contributed by atoms with E-state index in [9.17, 15) is 46.3 Å². The van der Waals surface area contributed by atoms with E-state index in [4.69, 9.17) is 0 Å². The molecule has 15 heteroatoms. The lowest BCUT2D eigenvalue weighted by Crippen LogP contribution is -2.00. The van der Waals surface area contributed by atoms with Gasteiger partial charge < -0.3 is 10.2 Å². The van der Waals surface area contributed by atoms with Crippen LogP contribution in [-0.4, -0.2) is 41.1 Å². The minimum Gasteiger partial charge on any atom is -0.507 e. The van der Waals surface area contributed by atoms with Gasteiger partial charge in [-0.25, -0.2) is 0 Å². The molecule has 4 aromatic rings. The number of azo groups is 1. The number of nitrogens with zero attached hydrogens (tertiary/aromatic N) is 3. The van der Waals surface area contributed by atoms with Crippen LogP contribution in [0.2, 0.25) is 0 Å². The minimum absolute atomic E-state index is 0.0737. The summed E-state index contributed by atoms with van der Waals surface area (Å²) in [6.07, 6.45) is 0. The molecule has 4 N–H and O–H groups in total. The Balaban J connectivity index is 2.01. The molecule has 0 saturated carbocycles. The average Bonchev–Trinajstić information content (AvgIpc) is 2.76. The molecule has 0 aliphatic rings. The second-order valence-electron chi connectivity index (χ2n) is 7.17. The number of fused-ring (bicyclic) bond motifs is 2. The predicted molar refractivity (Wildman–Crippen MR) is 122 cm³/mol. The van der Waals surface area contributed by atoms with Gasteiger partial charge in [-0.1, -0.05) is 12.1 Å². The summed E-state index contributed by atoms with van der Waals surface area (Å²) in [4.78, 5) is 8.82. The molecule has 0 radical (unpaired) electrons. The van der Waals surface area contributed by atoms with E-state index >= 15 is 0 Å². The second kappa shape index (κ2) is 8.24. The summed E-state index contributed by atoms with van der Waals surface area (Å²) in [5.41, 5.74) is -1.31. The minimum atomic E-state index is -4.92. The number of non-ortho nitro benzene ring substituents is 1. The lowest BCUT2D eigenvalue weighted by molar-refractivity contribution is -0.384. The molecule has 0 unspecified atom stereocenters. The standard InChI is InChI=1S/C20H13N3O10S2/c24-16-3-1-2-13-11(16)6-7-15(20(13)35(31,32)33)21-22-19-12-5-4-10(23(26)27)8-14(12)18(9-17(19)25)34(28,29)30/h1-9,24-25H,(H,28,29,30)(H,31,32,33). The van der Waals surface area contributed by atoms with Crippen molar-refractivity contribution in [2.75, 3.05) is 0 Å². The van der Waals surface area contributed by atoms with Gasteiger partial charge in [0.1, 0.15) is 32.7 Å². The number of phenolic OH excluding ortho intramolecular Hbond substituents is 2. The quantitative estimate of drug-likeness (QED) is 0.127. The Morgan fingerprint density at radius 1 is 0.743 bits per heavy atom. The Bertz CT molecular complexity index is 1800. The predicted octanol–water partition coefficient (Wildman–Crippen LogP) is 4.22. The van der Waals surface area contributed by atoms with E-state index in [1.54, 1.807) is 0 Å². The van der Waals surface area contributed by atoms with Crippen molar-refractivity contribution in [2.24, 2.45) is 10.2 Å². The van der Waals surface area contributed by atoms with Crippen LogP contribution in [0.1, 0.15) is 0 Å². The third kappa shape index (κ3) is 4.35. The zero-order valence-electron chi connectivity index (χ0n) is 17.1. The smallest absolute Gasteiger partial charge is 0.297 e. The van der Waals surface area contributed by atoms with Gasteiger partial charge in [0.25, 0.3) is 25.9 Å². The largest absolute Gasteiger partial charge is 0.507 e. The average molecular weight is 519 g/mol. The van der Waals surface area contributed by atoms with Crippen LogP contribution in [0.25, 0.3) is 21.5 Å². The number of nitro benzene ring substituents is 1. The van der Waals surface area contributed by atoms with Gasteiger partial charge >= 0.3 is 0 Å². The summed E-state index contributed by atoms with van der Waals surface area (Å²) in [5.74, 6) is -1.06. The number of rotatable bonds is 5. The number of hydrogen-bond acceptors (Lipinski definition) is 10. The van der Waals surface area contributed by atoms with Gasteiger partial charge in [-0.05, 0) is 24.3 Å². The molecule has 4 aromatic carbocycles. The summed E-state index contributed by atoms with van der Waals surface area (Å²) >= 11 is 0. The first-order valence-corrected chi connectivity index (χ1v) is 12.2. The topological polar surface area (TPSA) is 217 Å². The molecule has 0 spiro atoms. The number of aromatic hydroxyl groups is 2. The van der Waals surface area contributed by atoms with E-state index in [2.05, 4.69) is 10.2 Å². The summed E-state index contributed by atoms with van der Waals surface area (Å²) in [5, 5.41) is 38.6. The molecule has 0 aliphatic carbocycles. The normalized spacial score (nSPS) is 12.5. The lowest BCUT2D eigenvalue weighted by Gasteiger charge is -2.10. The van der Waals surface area contributed by atoms with Crippen LogP contribution < -0.4 is 0 Å². The number of benzene rings is 4. The van der Waals surface area contributed by atoms with E-state index in [0.717, 1.165) is 24.3 Å². The third-order valence-electron chi connectivity index (χ3n) is 5.01. The van der Waals surface area contributed by atoms with Crippen LogP contribution in [0.5, 0.6) is 11.5 Å². The van der Waals surface area contributed by atoms with Crippen molar-refractivity contribution < 1.29 is 41.1 Å². The van der Waals surface area contributed by atoms with Crippen LogP contribution >= 0.6 is 0 Å². The van der Waals surface area contributed by atoms with Crippen LogP contribution in [0, 0.1) is 10.1 Å². The zero-order chi connectivity index (χ0) is 25.7. The van der Waals surface area contributed by atoms with Crippen molar-refractivity contribution in [3.8, 4) is 11.5 Å². The highest BCUT2D eigenvalue weighted by molar-refractivity contribution is 7.86. The lowest BCUT2D eigenvalue weighted by atomic mass is 10.1. The molecule has 0 atom stereocenters. The van der Waals surface area contributed by atoms with Gasteiger partial charge in [-0.3, -0.25) is 19.2 Å². The van der Waals surface area contributed by atoms with Gasteiger partial charge in [0, 0.05) is 39.7 Å². The fraction of sp³-hybridized carbons (Fsp3) is 0. The summed E-state index contributed by atoms with van der Waals surface area (Å²) in [6, 6.07) is 9.92. The summed E-state index contributed by atoms with van der Waals surface area (Å²) < 4.78 is 67.0.